The molecule has 2 rings (SSSR count). The van der Waals surface area contributed by atoms with Crippen molar-refractivity contribution in [2.24, 2.45) is 0 Å². The summed E-state index contributed by atoms with van der Waals surface area (Å²) in [6.07, 6.45) is 1.63. The Hall–Kier alpha value is -0.810. The van der Waals surface area contributed by atoms with E-state index in [0.717, 1.165) is 10.2 Å². The normalized spacial score (nSPS) is 11.0. The fraction of sp³-hybridized carbons (Fsp3) is 0.143. The van der Waals surface area contributed by atoms with Gasteiger partial charge in [0.1, 0.15) is 4.60 Å². The number of nitrogens with two attached hydrogens (primary N) is 1. The third-order valence-corrected chi connectivity index (χ3v) is 2.74. The Balaban J connectivity index is 2.96. The van der Waals surface area contributed by atoms with E-state index in [1.54, 1.807) is 10.7 Å². The summed E-state index contributed by atoms with van der Waals surface area (Å²) >= 11 is 9.14. The van der Waals surface area contributed by atoms with Crippen molar-refractivity contribution in [2.45, 2.75) is 6.92 Å². The highest BCUT2D eigenvalue weighted by molar-refractivity contribution is 9.10. The SMILES string of the molecule is Cc1c(Cl)nn2c(Br)cnc2c1N. The van der Waals surface area contributed by atoms with Crippen molar-refractivity contribution in [3.05, 3.63) is 21.5 Å². The van der Waals surface area contributed by atoms with Gasteiger partial charge in [0.15, 0.2) is 10.8 Å². The van der Waals surface area contributed by atoms with Crippen molar-refractivity contribution in [3.8, 4) is 0 Å². The number of hydrogen-bond acceptors (Lipinski definition) is 3. The molecule has 6 heteroatoms. The van der Waals surface area contributed by atoms with E-state index in [0.29, 0.717) is 16.5 Å². The number of nitrogen functional groups attached to an aromatic ring is 1. The molecule has 0 saturated carbocycles. The van der Waals surface area contributed by atoms with Crippen LogP contribution < -0.4 is 5.73 Å². The van der Waals surface area contributed by atoms with Gasteiger partial charge in [-0.15, -0.1) is 0 Å². The molecule has 0 aliphatic carbocycles. The van der Waals surface area contributed by atoms with E-state index in [4.69, 9.17) is 17.3 Å². The second-order valence-electron chi connectivity index (χ2n) is 2.65. The first kappa shape index (κ1) is 8.77. The molecule has 2 heterocycles. The molecule has 2 N–H and O–H groups in total. The van der Waals surface area contributed by atoms with Crippen LogP contribution in [0.2, 0.25) is 5.15 Å². The summed E-state index contributed by atoms with van der Waals surface area (Å²) in [5.41, 5.74) is 7.74. The highest BCUT2D eigenvalue weighted by Gasteiger charge is 2.10. The number of aromatic nitrogens is 3. The third-order valence-electron chi connectivity index (χ3n) is 1.84. The highest BCUT2D eigenvalue weighted by atomic mass is 79.9. The minimum absolute atomic E-state index is 0.392. The van der Waals surface area contributed by atoms with Crippen LogP contribution in [0.5, 0.6) is 0 Å². The molecular formula is C7H6BrClN4. The molecule has 0 amide bonds. The first-order valence-electron chi connectivity index (χ1n) is 3.56. The summed E-state index contributed by atoms with van der Waals surface area (Å²) in [6.45, 7) is 1.81. The van der Waals surface area contributed by atoms with E-state index < -0.39 is 0 Å². The Labute approximate surface area is 87.8 Å². The molecule has 0 aromatic carbocycles. The molecule has 0 atom stereocenters. The van der Waals surface area contributed by atoms with Crippen LogP contribution in [-0.4, -0.2) is 14.6 Å². The average molecular weight is 262 g/mol. The number of fused-ring (bicyclic) bond motifs is 1. The predicted octanol–water partition coefficient (Wildman–Crippen LogP) is 2.04. The van der Waals surface area contributed by atoms with Gasteiger partial charge in [0.25, 0.3) is 0 Å². The molecule has 0 fully saturated rings. The van der Waals surface area contributed by atoms with Gasteiger partial charge in [-0.2, -0.15) is 5.10 Å². The maximum Gasteiger partial charge on any atom is 0.178 e. The third kappa shape index (κ3) is 1.19. The van der Waals surface area contributed by atoms with Gasteiger partial charge < -0.3 is 5.73 Å². The number of imidazole rings is 1. The molecule has 0 aliphatic heterocycles. The number of hydrogen-bond donors (Lipinski definition) is 1. The predicted molar refractivity (Wildman–Crippen MR) is 54.8 cm³/mol. The van der Waals surface area contributed by atoms with Crippen LogP contribution in [0, 0.1) is 6.92 Å². The Morgan fingerprint density at radius 3 is 3.00 bits per heavy atom. The van der Waals surface area contributed by atoms with Crippen LogP contribution in [0.4, 0.5) is 5.69 Å². The second kappa shape index (κ2) is 2.85. The van der Waals surface area contributed by atoms with Crippen molar-refractivity contribution in [1.29, 1.82) is 0 Å². The zero-order valence-electron chi connectivity index (χ0n) is 6.75. The van der Waals surface area contributed by atoms with Gasteiger partial charge in [0, 0.05) is 5.56 Å². The van der Waals surface area contributed by atoms with Crippen molar-refractivity contribution < 1.29 is 0 Å². The van der Waals surface area contributed by atoms with Crippen LogP contribution in [0.15, 0.2) is 10.8 Å². The molecule has 0 saturated heterocycles. The smallest absolute Gasteiger partial charge is 0.178 e. The zero-order chi connectivity index (χ0) is 9.59. The molecule has 0 radical (unpaired) electrons. The molecule has 13 heavy (non-hydrogen) atoms. The standard InChI is InChI=1S/C7H6BrClN4/c1-3-5(10)7-11-2-4(8)13(7)12-6(3)9/h2H,10H2,1H3. The summed E-state index contributed by atoms with van der Waals surface area (Å²) in [6, 6.07) is 0. The number of rotatable bonds is 0. The van der Waals surface area contributed by atoms with E-state index in [1.807, 2.05) is 6.92 Å². The maximum atomic E-state index is 5.86. The minimum Gasteiger partial charge on any atom is -0.395 e. The van der Waals surface area contributed by atoms with Crippen molar-refractivity contribution in [1.82, 2.24) is 14.6 Å². The monoisotopic (exact) mass is 260 g/mol. The maximum absolute atomic E-state index is 5.86. The zero-order valence-corrected chi connectivity index (χ0v) is 9.09. The van der Waals surface area contributed by atoms with Gasteiger partial charge in [-0.05, 0) is 22.9 Å². The lowest BCUT2D eigenvalue weighted by atomic mass is 10.3. The molecule has 0 aliphatic rings. The lowest BCUT2D eigenvalue weighted by Crippen LogP contribution is -2.01. The Morgan fingerprint density at radius 2 is 2.31 bits per heavy atom. The molecule has 0 spiro atoms. The largest absolute Gasteiger partial charge is 0.395 e. The van der Waals surface area contributed by atoms with Crippen LogP contribution in [0.3, 0.4) is 0 Å². The summed E-state index contributed by atoms with van der Waals surface area (Å²) in [5, 5.41) is 4.48. The molecule has 2 aromatic rings. The number of halogens is 2. The topological polar surface area (TPSA) is 56.2 Å². The highest BCUT2D eigenvalue weighted by Crippen LogP contribution is 2.24. The summed E-state index contributed by atoms with van der Waals surface area (Å²) in [4.78, 5) is 4.09. The fourth-order valence-corrected chi connectivity index (χ4v) is 1.57. The summed E-state index contributed by atoms with van der Waals surface area (Å²) in [7, 11) is 0. The lowest BCUT2D eigenvalue weighted by Gasteiger charge is -2.03. The lowest BCUT2D eigenvalue weighted by molar-refractivity contribution is 0.911. The second-order valence-corrected chi connectivity index (χ2v) is 3.82. The van der Waals surface area contributed by atoms with Crippen LogP contribution in [0.1, 0.15) is 5.56 Å². The molecular weight excluding hydrogens is 255 g/mol. The Kier molecular flexibility index (Phi) is 1.92. The number of anilines is 1. The van der Waals surface area contributed by atoms with E-state index in [9.17, 15) is 0 Å². The fourth-order valence-electron chi connectivity index (χ4n) is 1.05. The Morgan fingerprint density at radius 1 is 1.62 bits per heavy atom. The first-order valence-corrected chi connectivity index (χ1v) is 4.73. The van der Waals surface area contributed by atoms with Gasteiger partial charge in [-0.1, -0.05) is 11.6 Å². The quantitative estimate of drug-likeness (QED) is 0.789. The first-order chi connectivity index (χ1) is 6.11. The van der Waals surface area contributed by atoms with Gasteiger partial charge in [-0.25, -0.2) is 9.50 Å². The average Bonchev–Trinajstić information content (AvgIpc) is 2.45. The van der Waals surface area contributed by atoms with E-state index >= 15 is 0 Å². The molecule has 0 bridgehead atoms. The van der Waals surface area contributed by atoms with Gasteiger partial charge in [0.2, 0.25) is 0 Å². The Bertz CT molecular complexity index is 479. The summed E-state index contributed by atoms with van der Waals surface area (Å²) in [5.74, 6) is 0. The molecule has 2 aromatic heterocycles. The van der Waals surface area contributed by atoms with Gasteiger partial charge in [-0.3, -0.25) is 0 Å². The van der Waals surface area contributed by atoms with Crippen LogP contribution in [-0.2, 0) is 0 Å². The van der Waals surface area contributed by atoms with E-state index in [1.165, 1.54) is 0 Å². The minimum atomic E-state index is 0.392. The van der Waals surface area contributed by atoms with Gasteiger partial charge >= 0.3 is 0 Å². The summed E-state index contributed by atoms with van der Waals surface area (Å²) < 4.78 is 2.29. The van der Waals surface area contributed by atoms with E-state index in [-0.39, 0.29) is 0 Å². The molecule has 0 unspecified atom stereocenters. The van der Waals surface area contributed by atoms with Crippen LogP contribution in [0.25, 0.3) is 5.65 Å². The van der Waals surface area contributed by atoms with Crippen LogP contribution >= 0.6 is 27.5 Å². The molecule has 68 valence electrons. The number of nitrogens with zero attached hydrogens (tertiary/aromatic N) is 3. The molecule has 4 nitrogen and oxygen atoms in total. The van der Waals surface area contributed by atoms with Crippen molar-refractivity contribution >= 4 is 38.9 Å². The van der Waals surface area contributed by atoms with Crippen molar-refractivity contribution in [2.75, 3.05) is 5.73 Å². The van der Waals surface area contributed by atoms with E-state index in [2.05, 4.69) is 26.0 Å². The van der Waals surface area contributed by atoms with Crippen molar-refractivity contribution in [3.63, 3.8) is 0 Å². The van der Waals surface area contributed by atoms with Gasteiger partial charge in [0.05, 0.1) is 11.9 Å².